The van der Waals surface area contributed by atoms with Crippen LogP contribution in [0.4, 0.5) is 5.69 Å². The summed E-state index contributed by atoms with van der Waals surface area (Å²) in [5.41, 5.74) is 5.79. The van der Waals surface area contributed by atoms with E-state index in [0.29, 0.717) is 24.5 Å². The first-order valence-electron chi connectivity index (χ1n) is 6.95. The minimum Gasteiger partial charge on any atom is -0.482 e. The monoisotopic (exact) mass is 294 g/mol. The Labute approximate surface area is 124 Å². The van der Waals surface area contributed by atoms with Gasteiger partial charge >= 0.3 is 0 Å². The topological polar surface area (TPSA) is 85.0 Å². The molecule has 0 aromatic heterocycles. The number of benzene rings is 1. The van der Waals surface area contributed by atoms with Gasteiger partial charge in [-0.25, -0.2) is 0 Å². The summed E-state index contributed by atoms with van der Waals surface area (Å²) in [6, 6.07) is 7.05. The smallest absolute Gasteiger partial charge is 0.260 e. The summed E-state index contributed by atoms with van der Waals surface area (Å²) in [6.45, 7) is 4.43. The molecule has 1 aliphatic heterocycles. The van der Waals surface area contributed by atoms with E-state index < -0.39 is 5.60 Å². The Bertz CT molecular complexity index is 504. The van der Waals surface area contributed by atoms with E-state index in [-0.39, 0.29) is 25.2 Å². The molecule has 2 rings (SSSR count). The number of carbonyl (C=O) groups is 1. The van der Waals surface area contributed by atoms with Crippen molar-refractivity contribution in [2.24, 2.45) is 0 Å². The van der Waals surface area contributed by atoms with Gasteiger partial charge in [-0.2, -0.15) is 0 Å². The number of aliphatic hydroxyl groups excluding tert-OH is 1. The van der Waals surface area contributed by atoms with Gasteiger partial charge in [0.25, 0.3) is 5.91 Å². The fourth-order valence-corrected chi connectivity index (χ4v) is 2.42. The molecule has 1 atom stereocenters. The molecule has 3 N–H and O–H groups in total. The van der Waals surface area contributed by atoms with Crippen LogP contribution < -0.4 is 10.5 Å². The lowest BCUT2D eigenvalue weighted by Crippen LogP contribution is -2.56. The number of rotatable bonds is 4. The summed E-state index contributed by atoms with van der Waals surface area (Å²) < 4.78 is 11.1. The molecule has 1 amide bonds. The summed E-state index contributed by atoms with van der Waals surface area (Å²) in [5.74, 6) is 0.352. The number of ether oxygens (including phenoxy) is 2. The number of amides is 1. The van der Waals surface area contributed by atoms with Crippen LogP contribution in [0.2, 0.25) is 0 Å². The molecule has 0 aliphatic carbocycles. The fourth-order valence-electron chi connectivity index (χ4n) is 2.42. The van der Waals surface area contributed by atoms with Crippen molar-refractivity contribution in [3.8, 4) is 5.75 Å². The average Bonchev–Trinajstić information content (AvgIpc) is 2.44. The first kappa shape index (κ1) is 15.6. The number of nitrogens with two attached hydrogens (primary N) is 1. The molecule has 6 heteroatoms. The molecule has 1 heterocycles. The van der Waals surface area contributed by atoms with Gasteiger partial charge in [-0.05, 0) is 26.0 Å². The summed E-state index contributed by atoms with van der Waals surface area (Å²) in [5, 5.41) is 9.26. The van der Waals surface area contributed by atoms with Crippen molar-refractivity contribution in [3.05, 3.63) is 24.3 Å². The summed E-state index contributed by atoms with van der Waals surface area (Å²) >= 11 is 0. The van der Waals surface area contributed by atoms with Gasteiger partial charge in [-0.1, -0.05) is 12.1 Å². The average molecular weight is 294 g/mol. The molecule has 1 aromatic rings. The van der Waals surface area contributed by atoms with E-state index in [4.69, 9.17) is 15.2 Å². The molecule has 1 unspecified atom stereocenters. The number of nitrogen functional groups attached to an aromatic ring is 1. The van der Waals surface area contributed by atoms with Crippen LogP contribution in [0.5, 0.6) is 5.75 Å². The Morgan fingerprint density at radius 1 is 1.52 bits per heavy atom. The van der Waals surface area contributed by atoms with E-state index in [1.807, 2.05) is 13.8 Å². The first-order chi connectivity index (χ1) is 9.91. The van der Waals surface area contributed by atoms with Gasteiger partial charge in [-0.3, -0.25) is 4.79 Å². The molecule has 1 aromatic carbocycles. The lowest BCUT2D eigenvalue weighted by Gasteiger charge is -2.42. The molecular weight excluding hydrogens is 272 g/mol. The first-order valence-corrected chi connectivity index (χ1v) is 6.95. The molecule has 1 fully saturated rings. The largest absolute Gasteiger partial charge is 0.482 e. The molecule has 21 heavy (non-hydrogen) atoms. The van der Waals surface area contributed by atoms with E-state index >= 15 is 0 Å². The summed E-state index contributed by atoms with van der Waals surface area (Å²) in [7, 11) is 0. The van der Waals surface area contributed by atoms with Crippen LogP contribution in [0.15, 0.2) is 24.3 Å². The molecule has 1 saturated heterocycles. The highest BCUT2D eigenvalue weighted by Gasteiger charge is 2.35. The van der Waals surface area contributed by atoms with Gasteiger partial charge in [0.05, 0.1) is 24.0 Å². The maximum absolute atomic E-state index is 12.3. The zero-order valence-corrected chi connectivity index (χ0v) is 12.4. The minimum atomic E-state index is -0.479. The van der Waals surface area contributed by atoms with Crippen molar-refractivity contribution in [3.63, 3.8) is 0 Å². The van der Waals surface area contributed by atoms with Crippen LogP contribution in [-0.4, -0.2) is 53.9 Å². The van der Waals surface area contributed by atoms with Crippen molar-refractivity contribution in [1.82, 2.24) is 4.90 Å². The predicted molar refractivity (Wildman–Crippen MR) is 79.0 cm³/mol. The van der Waals surface area contributed by atoms with Crippen LogP contribution in [0, 0.1) is 0 Å². The van der Waals surface area contributed by atoms with Crippen LogP contribution >= 0.6 is 0 Å². The molecule has 0 saturated carbocycles. The van der Waals surface area contributed by atoms with Crippen LogP contribution in [0.25, 0.3) is 0 Å². The van der Waals surface area contributed by atoms with Gasteiger partial charge in [0.15, 0.2) is 6.61 Å². The van der Waals surface area contributed by atoms with Gasteiger partial charge in [-0.15, -0.1) is 0 Å². The summed E-state index contributed by atoms with van der Waals surface area (Å²) in [4.78, 5) is 13.9. The highest BCUT2D eigenvalue weighted by atomic mass is 16.5. The molecule has 0 radical (unpaired) electrons. The van der Waals surface area contributed by atoms with Crippen molar-refractivity contribution >= 4 is 11.6 Å². The second-order valence-electron chi connectivity index (χ2n) is 5.78. The Kier molecular flexibility index (Phi) is 4.69. The maximum Gasteiger partial charge on any atom is 0.260 e. The molecular formula is C15H22N2O4. The van der Waals surface area contributed by atoms with Crippen LogP contribution in [-0.2, 0) is 9.53 Å². The lowest BCUT2D eigenvalue weighted by atomic mass is 10.1. The molecule has 6 nitrogen and oxygen atoms in total. The number of hydrogen-bond donors (Lipinski definition) is 2. The number of aliphatic hydroxyl groups is 1. The maximum atomic E-state index is 12.3. The lowest BCUT2D eigenvalue weighted by molar-refractivity contribution is -0.168. The van der Waals surface area contributed by atoms with E-state index in [1.165, 1.54) is 0 Å². The molecule has 116 valence electrons. The molecule has 0 bridgehead atoms. The quantitative estimate of drug-likeness (QED) is 0.796. The molecule has 1 aliphatic rings. The van der Waals surface area contributed by atoms with Crippen molar-refractivity contribution in [1.29, 1.82) is 0 Å². The van der Waals surface area contributed by atoms with Crippen LogP contribution in [0.1, 0.15) is 13.8 Å². The highest BCUT2D eigenvalue weighted by molar-refractivity contribution is 5.78. The number of para-hydroxylation sites is 2. The number of carbonyl (C=O) groups excluding carboxylic acids is 1. The number of hydrogen-bond acceptors (Lipinski definition) is 5. The van der Waals surface area contributed by atoms with Crippen molar-refractivity contribution in [2.45, 2.75) is 25.6 Å². The third-order valence-electron chi connectivity index (χ3n) is 3.31. The predicted octanol–water partition coefficient (Wildman–Crippen LogP) is 0.646. The minimum absolute atomic E-state index is 0.0809. The SMILES string of the molecule is CC1(C)CN(C(=O)COc2ccccc2N)CC(CO)O1. The third kappa shape index (κ3) is 4.09. The zero-order chi connectivity index (χ0) is 15.5. The zero-order valence-electron chi connectivity index (χ0n) is 12.4. The Balaban J connectivity index is 1.95. The standard InChI is InChI=1S/C15H22N2O4/c1-15(2)10-17(7-11(8-18)21-15)14(19)9-20-13-6-4-3-5-12(13)16/h3-6,11,18H,7-10,16H2,1-2H3. The van der Waals surface area contributed by atoms with Gasteiger partial charge < -0.3 is 25.2 Å². The summed E-state index contributed by atoms with van der Waals surface area (Å²) in [6.07, 6.45) is -0.362. The van der Waals surface area contributed by atoms with Gasteiger partial charge in [0.1, 0.15) is 5.75 Å². The van der Waals surface area contributed by atoms with Crippen molar-refractivity contribution < 1.29 is 19.4 Å². The highest BCUT2D eigenvalue weighted by Crippen LogP contribution is 2.22. The van der Waals surface area contributed by atoms with Crippen molar-refractivity contribution in [2.75, 3.05) is 32.0 Å². The second-order valence-corrected chi connectivity index (χ2v) is 5.78. The number of nitrogens with zero attached hydrogens (tertiary/aromatic N) is 1. The second kappa shape index (κ2) is 6.32. The number of anilines is 1. The Hall–Kier alpha value is -1.79. The van der Waals surface area contributed by atoms with E-state index in [2.05, 4.69) is 0 Å². The van der Waals surface area contributed by atoms with Gasteiger partial charge in [0.2, 0.25) is 0 Å². The Morgan fingerprint density at radius 2 is 2.24 bits per heavy atom. The normalized spacial score (nSPS) is 21.1. The van der Waals surface area contributed by atoms with Gasteiger partial charge in [0, 0.05) is 13.1 Å². The van der Waals surface area contributed by atoms with Crippen LogP contribution in [0.3, 0.4) is 0 Å². The van der Waals surface area contributed by atoms with E-state index in [0.717, 1.165) is 0 Å². The third-order valence-corrected chi connectivity index (χ3v) is 3.31. The van der Waals surface area contributed by atoms with E-state index in [1.54, 1.807) is 29.2 Å². The Morgan fingerprint density at radius 3 is 2.90 bits per heavy atom. The number of morpholine rings is 1. The van der Waals surface area contributed by atoms with E-state index in [9.17, 15) is 9.90 Å². The fraction of sp³-hybridized carbons (Fsp3) is 0.533. The molecule has 0 spiro atoms.